The van der Waals surface area contributed by atoms with Crippen LogP contribution in [0.2, 0.25) is 0 Å². The summed E-state index contributed by atoms with van der Waals surface area (Å²) in [5.41, 5.74) is 4.47. The molecule has 1 aromatic carbocycles. The van der Waals surface area contributed by atoms with Gasteiger partial charge in [-0.05, 0) is 62.3 Å². The SMILES string of the molecule is Cc1ccc2c(cnn2CC23CC(C(=O)N4N=CCC4c4ccc(C)nc4)(C2)C3)c1. The number of hydrazone groups is 1. The van der Waals surface area contributed by atoms with E-state index in [9.17, 15) is 4.79 Å². The predicted molar refractivity (Wildman–Crippen MR) is 115 cm³/mol. The first kappa shape index (κ1) is 17.8. The summed E-state index contributed by atoms with van der Waals surface area (Å²) in [4.78, 5) is 17.8. The molecule has 3 fully saturated rings. The van der Waals surface area contributed by atoms with Gasteiger partial charge in [0.15, 0.2) is 0 Å². The zero-order valence-corrected chi connectivity index (χ0v) is 17.4. The predicted octanol–water partition coefficient (Wildman–Crippen LogP) is 4.18. The smallest absolute Gasteiger partial charge is 0.249 e. The standard InChI is InChI=1S/C24H25N5O/c1-16-3-6-20-19(9-16)11-27-28(20)15-23-12-24(13-23,14-23)22(30)29-21(7-8-26-29)18-5-4-17(2)25-10-18/h3-6,8-11,21H,7,12-15H2,1-2H3. The van der Waals surface area contributed by atoms with Gasteiger partial charge in [0.25, 0.3) is 0 Å². The van der Waals surface area contributed by atoms with E-state index in [0.717, 1.165) is 43.5 Å². The summed E-state index contributed by atoms with van der Waals surface area (Å²) in [6.45, 7) is 4.97. The molecule has 3 aromatic rings. The van der Waals surface area contributed by atoms with Gasteiger partial charge in [0.2, 0.25) is 5.91 Å². The van der Waals surface area contributed by atoms with E-state index in [4.69, 9.17) is 0 Å². The van der Waals surface area contributed by atoms with Crippen molar-refractivity contribution < 1.29 is 4.79 Å². The normalized spacial score (nSPS) is 29.1. The van der Waals surface area contributed by atoms with Gasteiger partial charge >= 0.3 is 0 Å². The van der Waals surface area contributed by atoms with E-state index in [1.165, 1.54) is 16.5 Å². The van der Waals surface area contributed by atoms with Crippen LogP contribution in [0.4, 0.5) is 0 Å². The molecule has 1 amide bonds. The molecule has 0 saturated heterocycles. The van der Waals surface area contributed by atoms with Crippen molar-refractivity contribution in [2.75, 3.05) is 0 Å². The Morgan fingerprint density at radius 1 is 1.13 bits per heavy atom. The van der Waals surface area contributed by atoms with Gasteiger partial charge in [-0.3, -0.25) is 14.5 Å². The summed E-state index contributed by atoms with van der Waals surface area (Å²) < 4.78 is 2.12. The number of nitrogens with zero attached hydrogens (tertiary/aromatic N) is 5. The van der Waals surface area contributed by atoms with Crippen LogP contribution < -0.4 is 0 Å². The average Bonchev–Trinajstić information content (AvgIpc) is 3.30. The molecule has 3 heterocycles. The van der Waals surface area contributed by atoms with Gasteiger partial charge < -0.3 is 0 Å². The van der Waals surface area contributed by atoms with E-state index in [2.05, 4.69) is 51.1 Å². The van der Waals surface area contributed by atoms with Crippen LogP contribution in [-0.4, -0.2) is 31.9 Å². The van der Waals surface area contributed by atoms with Crippen molar-refractivity contribution in [1.29, 1.82) is 0 Å². The molecule has 4 aliphatic rings. The van der Waals surface area contributed by atoms with Gasteiger partial charge in [-0.2, -0.15) is 10.2 Å². The highest BCUT2D eigenvalue weighted by Gasteiger charge is 2.72. The third-order valence-electron chi connectivity index (χ3n) is 7.23. The molecule has 6 nitrogen and oxygen atoms in total. The molecule has 30 heavy (non-hydrogen) atoms. The lowest BCUT2D eigenvalue weighted by Crippen LogP contribution is -2.68. The van der Waals surface area contributed by atoms with E-state index in [1.54, 1.807) is 5.01 Å². The van der Waals surface area contributed by atoms with Crippen molar-refractivity contribution in [3.05, 3.63) is 59.5 Å². The van der Waals surface area contributed by atoms with Crippen LogP contribution in [0.15, 0.2) is 47.8 Å². The van der Waals surface area contributed by atoms with E-state index >= 15 is 0 Å². The fourth-order valence-electron chi connectivity index (χ4n) is 5.85. The van der Waals surface area contributed by atoms with Crippen molar-refractivity contribution >= 4 is 23.0 Å². The zero-order chi connectivity index (χ0) is 20.5. The van der Waals surface area contributed by atoms with Crippen molar-refractivity contribution in [1.82, 2.24) is 19.8 Å². The maximum atomic E-state index is 13.4. The number of aromatic nitrogens is 3. The second-order valence-electron chi connectivity index (χ2n) is 9.61. The first-order chi connectivity index (χ1) is 14.5. The molecule has 1 aliphatic heterocycles. The molecule has 1 unspecified atom stereocenters. The van der Waals surface area contributed by atoms with Gasteiger partial charge in [0, 0.05) is 36.5 Å². The molecule has 152 valence electrons. The Kier molecular flexibility index (Phi) is 3.56. The molecule has 3 aliphatic carbocycles. The monoisotopic (exact) mass is 399 g/mol. The summed E-state index contributed by atoms with van der Waals surface area (Å²) in [7, 11) is 0. The van der Waals surface area contributed by atoms with Crippen LogP contribution in [0.25, 0.3) is 10.9 Å². The second-order valence-corrected chi connectivity index (χ2v) is 9.61. The Bertz CT molecular complexity index is 1170. The number of fused-ring (bicyclic) bond motifs is 1. The van der Waals surface area contributed by atoms with Crippen LogP contribution in [-0.2, 0) is 11.3 Å². The average molecular weight is 399 g/mol. The van der Waals surface area contributed by atoms with Crippen LogP contribution in [0.5, 0.6) is 0 Å². The highest BCUT2D eigenvalue weighted by Crippen LogP contribution is 2.74. The lowest BCUT2D eigenvalue weighted by Gasteiger charge is -2.69. The van der Waals surface area contributed by atoms with Crippen LogP contribution >= 0.6 is 0 Å². The Labute approximate surface area is 175 Å². The van der Waals surface area contributed by atoms with Crippen molar-refractivity contribution in [2.45, 2.75) is 52.1 Å². The molecule has 1 atom stereocenters. The summed E-state index contributed by atoms with van der Waals surface area (Å²) in [6, 6.07) is 10.5. The molecule has 0 radical (unpaired) electrons. The first-order valence-corrected chi connectivity index (χ1v) is 10.7. The number of hydrogen-bond donors (Lipinski definition) is 0. The Hall–Kier alpha value is -3.02. The van der Waals surface area contributed by atoms with Crippen molar-refractivity contribution in [3.63, 3.8) is 0 Å². The van der Waals surface area contributed by atoms with Crippen molar-refractivity contribution in [3.8, 4) is 0 Å². The number of rotatable bonds is 4. The fraction of sp³-hybridized carbons (Fsp3) is 0.417. The number of aryl methyl sites for hydroxylation is 2. The van der Waals surface area contributed by atoms with Crippen LogP contribution in [0, 0.1) is 24.7 Å². The van der Waals surface area contributed by atoms with Crippen LogP contribution in [0.3, 0.4) is 0 Å². The highest BCUT2D eigenvalue weighted by atomic mass is 16.2. The molecular formula is C24H25N5O. The highest BCUT2D eigenvalue weighted by molar-refractivity contribution is 5.88. The molecule has 6 heteroatoms. The third kappa shape index (κ3) is 2.49. The number of carbonyl (C=O) groups is 1. The van der Waals surface area contributed by atoms with Gasteiger partial charge in [0.1, 0.15) is 0 Å². The van der Waals surface area contributed by atoms with Crippen LogP contribution in [0.1, 0.15) is 48.5 Å². The maximum absolute atomic E-state index is 13.4. The number of benzene rings is 1. The Morgan fingerprint density at radius 2 is 1.97 bits per heavy atom. The minimum Gasteiger partial charge on any atom is -0.272 e. The molecule has 0 N–H and O–H groups in total. The summed E-state index contributed by atoms with van der Waals surface area (Å²) >= 11 is 0. The van der Waals surface area contributed by atoms with Gasteiger partial charge in [-0.25, -0.2) is 5.01 Å². The minimum atomic E-state index is -0.225. The molecule has 7 rings (SSSR count). The molecule has 2 aromatic heterocycles. The van der Waals surface area contributed by atoms with Gasteiger partial charge in [-0.15, -0.1) is 0 Å². The van der Waals surface area contributed by atoms with E-state index in [-0.39, 0.29) is 22.8 Å². The lowest BCUT2D eigenvalue weighted by atomic mass is 9.34. The molecular weight excluding hydrogens is 374 g/mol. The third-order valence-corrected chi connectivity index (χ3v) is 7.23. The van der Waals surface area contributed by atoms with E-state index in [0.29, 0.717) is 0 Å². The molecule has 3 saturated carbocycles. The van der Waals surface area contributed by atoms with E-state index < -0.39 is 0 Å². The van der Waals surface area contributed by atoms with Gasteiger partial charge in [0.05, 0.1) is 23.2 Å². The largest absolute Gasteiger partial charge is 0.272 e. The maximum Gasteiger partial charge on any atom is 0.249 e. The topological polar surface area (TPSA) is 63.4 Å². The lowest BCUT2D eigenvalue weighted by molar-refractivity contribution is -0.223. The minimum absolute atomic E-state index is 0.0196. The Morgan fingerprint density at radius 3 is 2.73 bits per heavy atom. The second kappa shape index (κ2) is 6.00. The number of pyridine rings is 1. The molecule has 0 spiro atoms. The molecule has 2 bridgehead atoms. The van der Waals surface area contributed by atoms with E-state index in [1.807, 2.05) is 31.6 Å². The first-order valence-electron chi connectivity index (χ1n) is 10.7. The van der Waals surface area contributed by atoms with Crippen molar-refractivity contribution in [2.24, 2.45) is 15.9 Å². The summed E-state index contributed by atoms with van der Waals surface area (Å²) in [5.74, 6) is 0.185. The Balaban J connectivity index is 1.17. The summed E-state index contributed by atoms with van der Waals surface area (Å²) in [5, 5.41) is 12.0. The fourth-order valence-corrected chi connectivity index (χ4v) is 5.85. The zero-order valence-electron chi connectivity index (χ0n) is 17.4. The quantitative estimate of drug-likeness (QED) is 0.661. The van der Waals surface area contributed by atoms with Gasteiger partial charge in [-0.1, -0.05) is 17.7 Å². The summed E-state index contributed by atoms with van der Waals surface area (Å²) in [6.07, 6.45) is 9.28. The number of hydrogen-bond acceptors (Lipinski definition) is 4. The number of amides is 1. The number of carbonyl (C=O) groups excluding carboxylic acids is 1.